The van der Waals surface area contributed by atoms with Crippen LogP contribution in [0.1, 0.15) is 0 Å². The molecule has 0 aromatic rings. The van der Waals surface area contributed by atoms with Crippen molar-refractivity contribution in [1.29, 1.82) is 0 Å². The molecule has 0 radical (unpaired) electrons. The van der Waals surface area contributed by atoms with E-state index < -0.39 is 124 Å². The van der Waals surface area contributed by atoms with Crippen molar-refractivity contribution in [3.8, 4) is 0 Å². The zero-order valence-electron chi connectivity index (χ0n) is 12.2. The molecule has 0 aliphatic carbocycles. The predicted octanol–water partition coefficient (Wildman–Crippen LogP) is -13.5. The normalized spacial score (nSPS) is 2.46. The zero-order valence-corrected chi connectivity index (χ0v) is 25.4. The molecule has 0 aliphatic rings. The summed E-state index contributed by atoms with van der Waals surface area (Å²) in [5.41, 5.74) is 0. The third-order valence-corrected chi connectivity index (χ3v) is 0. The Morgan fingerprint density at radius 3 is 0.308 bits per heavy atom. The maximum Gasteiger partial charge on any atom is 4.00 e. The largest absolute Gasteiger partial charge is 4.00 e. The van der Waals surface area contributed by atoms with E-state index in [0.717, 1.165) is 0 Å². The van der Waals surface area contributed by atoms with Crippen LogP contribution in [-0.4, -0.2) is 124 Å². The fourth-order valence-corrected chi connectivity index (χ4v) is 0. The second-order valence-electron chi connectivity index (χ2n) is 0.770. The van der Waals surface area contributed by atoms with Crippen LogP contribution in [0.25, 0.3) is 0 Å². The molecule has 0 heterocycles. The Morgan fingerprint density at radius 1 is 0.308 bits per heavy atom. The van der Waals surface area contributed by atoms with Gasteiger partial charge in [0.25, 0.3) is 0 Å². The van der Waals surface area contributed by atoms with E-state index in [9.17, 15) is 0 Å². The van der Waals surface area contributed by atoms with Gasteiger partial charge in [-0.15, -0.1) is 0 Å². The molecule has 0 atom stereocenters. The van der Waals surface area contributed by atoms with E-state index in [4.69, 9.17) is 63.7 Å². The third kappa shape index (κ3) is 2490. The topological polar surface area (TPSA) is 321 Å². The number of hydrogen-bond acceptors (Lipinski definition) is 16. The van der Waals surface area contributed by atoms with Crippen LogP contribution in [0.4, 0.5) is 0 Å². The van der Waals surface area contributed by atoms with Crippen molar-refractivity contribution in [3.05, 3.63) is 0 Å². The van der Waals surface area contributed by atoms with Gasteiger partial charge in [-0.25, -0.2) is 0 Å². The van der Waals surface area contributed by atoms with Crippen LogP contribution in [-0.2, 0) is 78.3 Å². The van der Waals surface area contributed by atoms with Gasteiger partial charge < -0.3 is 0 Å². The number of rotatable bonds is 0. The van der Waals surface area contributed by atoms with Crippen LogP contribution < -0.4 is 33.3 Å². The molecular formula is Al8O16TiZr. The third-order valence-electron chi connectivity index (χ3n) is 0. The van der Waals surface area contributed by atoms with Gasteiger partial charge in [-0.2, -0.15) is 0 Å². The van der Waals surface area contributed by atoms with E-state index in [1.54, 1.807) is 0 Å². The molecule has 0 saturated heterocycles. The molecule has 0 spiro atoms. The maximum absolute atomic E-state index is 8.46. The van der Waals surface area contributed by atoms with E-state index in [-0.39, 0.29) is 47.9 Å². The van der Waals surface area contributed by atoms with Crippen LogP contribution >= 0.6 is 0 Å². The molecule has 0 fully saturated rings. The van der Waals surface area contributed by atoms with Crippen molar-refractivity contribution in [2.24, 2.45) is 0 Å². The molecule has 0 unspecified atom stereocenters. The van der Waals surface area contributed by atoms with Gasteiger partial charge in [0, 0.05) is 0 Å². The Bertz CT molecular complexity index is 166. The second kappa shape index (κ2) is 173. The first-order valence-corrected chi connectivity index (χ1v) is 11.3. The van der Waals surface area contributed by atoms with Crippen molar-refractivity contribution in [2.75, 3.05) is 0 Å². The van der Waals surface area contributed by atoms with E-state index >= 15 is 0 Å². The molecule has 0 bridgehead atoms. The molecule has 26 heteroatoms. The first-order valence-electron chi connectivity index (χ1n) is 3.77. The minimum absolute atomic E-state index is 0. The molecule has 0 amide bonds. The average molecular weight is 611 g/mol. The molecule has 0 aliphatic heterocycles. The van der Waals surface area contributed by atoms with Gasteiger partial charge in [0.2, 0.25) is 0 Å². The van der Waals surface area contributed by atoms with Crippen molar-refractivity contribution in [2.45, 2.75) is 0 Å². The molecule has 0 saturated carbocycles. The Morgan fingerprint density at radius 2 is 0.308 bits per heavy atom. The maximum atomic E-state index is 8.46. The van der Waals surface area contributed by atoms with Crippen molar-refractivity contribution in [3.63, 3.8) is 0 Å². The van der Waals surface area contributed by atoms with Gasteiger partial charge in [-0.1, -0.05) is 0 Å². The van der Waals surface area contributed by atoms with E-state index in [0.29, 0.717) is 0 Å². The van der Waals surface area contributed by atoms with Crippen molar-refractivity contribution in [1.82, 2.24) is 0 Å². The van der Waals surface area contributed by atoms with Gasteiger partial charge in [0.15, 0.2) is 0 Å². The molecule has 0 N–H and O–H groups in total. The zero-order chi connectivity index (χ0) is 21.7. The summed E-state index contributed by atoms with van der Waals surface area (Å²) in [5, 5.41) is 0. The predicted molar refractivity (Wildman–Crippen MR) is 51.5 cm³/mol. The fraction of sp³-hybridized carbons (Fsp3) is 0. The minimum atomic E-state index is -1.75. The molecule has 26 heavy (non-hydrogen) atoms. The summed E-state index contributed by atoms with van der Waals surface area (Å²) in [4.78, 5) is 0. The van der Waals surface area contributed by atoms with Crippen molar-refractivity contribution >= 4 is 124 Å². The van der Waals surface area contributed by atoms with Crippen LogP contribution in [0.15, 0.2) is 0 Å². The molecule has 0 aromatic heterocycles. The van der Waals surface area contributed by atoms with Gasteiger partial charge >= 0.3 is 236 Å². The fourth-order valence-electron chi connectivity index (χ4n) is 0. The second-order valence-corrected chi connectivity index (χ2v) is 2.31. The summed E-state index contributed by atoms with van der Waals surface area (Å²) in [6.07, 6.45) is 0. The average Bonchev–Trinajstić information content (AvgIpc) is 2.45. The summed E-state index contributed by atoms with van der Waals surface area (Å²) in [7, 11) is 0. The van der Waals surface area contributed by atoms with Crippen LogP contribution in [0.5, 0.6) is 0 Å². The Labute approximate surface area is 231 Å². The summed E-state index contributed by atoms with van der Waals surface area (Å²) >= 11 is -14.0. The first-order chi connectivity index (χ1) is 11.3. The number of hydrogen-bond donors (Lipinski definition) is 0. The summed E-state index contributed by atoms with van der Waals surface area (Å²) in [5.74, 6) is 0. The Hall–Kier alpha value is 2.66. The summed E-state index contributed by atoms with van der Waals surface area (Å²) in [6, 6.07) is 0. The summed E-state index contributed by atoms with van der Waals surface area (Å²) in [6.45, 7) is 0. The first kappa shape index (κ1) is 63.0. The smallest absolute Gasteiger partial charge is 4.00 e. The molecular weight excluding hydrogens is 611 g/mol. The quantitative estimate of drug-likeness (QED) is 0.230. The van der Waals surface area contributed by atoms with E-state index in [2.05, 4.69) is 0 Å². The standard InChI is InChI=1S/8Al.16O.Ti.Zr/q;;;;;;;;;;;;;;;;8*-1;2*+4. The van der Waals surface area contributed by atoms with Crippen LogP contribution in [0, 0.1) is 0 Å². The van der Waals surface area contributed by atoms with Crippen LogP contribution in [0.2, 0.25) is 0 Å². The minimum Gasteiger partial charge on any atom is 4.00 e. The van der Waals surface area contributed by atoms with E-state index in [1.165, 1.54) is 0 Å². The van der Waals surface area contributed by atoms with Crippen molar-refractivity contribution < 1.29 is 112 Å². The molecule has 128 valence electrons. The molecule has 16 nitrogen and oxygen atoms in total. The monoisotopic (exact) mass is 610 g/mol. The van der Waals surface area contributed by atoms with Crippen LogP contribution in [0.3, 0.4) is 0 Å². The van der Waals surface area contributed by atoms with E-state index in [1.807, 2.05) is 0 Å². The Balaban J connectivity index is -0.0000000139. The van der Waals surface area contributed by atoms with Gasteiger partial charge in [0.05, 0.1) is 0 Å². The molecule has 0 rings (SSSR count). The van der Waals surface area contributed by atoms with Gasteiger partial charge in [0.1, 0.15) is 0 Å². The Kier molecular flexibility index (Phi) is 419. The summed E-state index contributed by atoms with van der Waals surface area (Å²) < 4.78 is 135. The van der Waals surface area contributed by atoms with Gasteiger partial charge in [-0.3, -0.25) is 0 Å². The SMILES string of the molecule is [O]=[Al][O-].[O]=[Al][O-].[O]=[Al][O-].[O]=[Al][O-].[O]=[Al][O-].[O]=[Al][O-].[O]=[Al][O-].[O]=[Al][O-].[Ti+4].[Zr+4]. The van der Waals surface area contributed by atoms with Gasteiger partial charge in [-0.05, 0) is 0 Å². The molecule has 0 aromatic carbocycles.